The van der Waals surface area contributed by atoms with E-state index in [1.54, 1.807) is 0 Å². The van der Waals surface area contributed by atoms with Gasteiger partial charge in [-0.3, -0.25) is 0 Å². The van der Waals surface area contributed by atoms with E-state index in [4.69, 9.17) is 5.73 Å². The van der Waals surface area contributed by atoms with Crippen LogP contribution in [-0.4, -0.2) is 6.54 Å². The van der Waals surface area contributed by atoms with Gasteiger partial charge in [-0.1, -0.05) is 61.5 Å². The van der Waals surface area contributed by atoms with Gasteiger partial charge in [0.25, 0.3) is 0 Å². The minimum Gasteiger partial charge on any atom is -0.330 e. The van der Waals surface area contributed by atoms with E-state index in [0.29, 0.717) is 5.92 Å². The van der Waals surface area contributed by atoms with Crippen LogP contribution in [0.2, 0.25) is 0 Å². The summed E-state index contributed by atoms with van der Waals surface area (Å²) in [6.07, 6.45) is 1.05. The molecule has 2 N–H and O–H groups in total. The van der Waals surface area contributed by atoms with Crippen LogP contribution in [0.3, 0.4) is 0 Å². The van der Waals surface area contributed by atoms with Crippen LogP contribution in [0.4, 0.5) is 0 Å². The van der Waals surface area contributed by atoms with Crippen LogP contribution >= 0.6 is 0 Å². The molecule has 0 aliphatic rings. The summed E-state index contributed by atoms with van der Waals surface area (Å²) in [5, 5.41) is 0. The van der Waals surface area contributed by atoms with Gasteiger partial charge in [0.05, 0.1) is 0 Å². The van der Waals surface area contributed by atoms with Crippen molar-refractivity contribution in [3.05, 3.63) is 60.2 Å². The summed E-state index contributed by atoms with van der Waals surface area (Å²) in [6, 6.07) is 19.2. The van der Waals surface area contributed by atoms with E-state index in [0.717, 1.165) is 13.0 Å². The Morgan fingerprint density at radius 2 is 1.65 bits per heavy atom. The van der Waals surface area contributed by atoms with Gasteiger partial charge in [-0.05, 0) is 35.6 Å². The first kappa shape index (κ1) is 11.9. The van der Waals surface area contributed by atoms with Crippen molar-refractivity contribution >= 4 is 0 Å². The summed E-state index contributed by atoms with van der Waals surface area (Å²) in [5.41, 5.74) is 9.59. The topological polar surface area (TPSA) is 26.0 Å². The van der Waals surface area contributed by atoms with Gasteiger partial charge in [-0.15, -0.1) is 0 Å². The van der Waals surface area contributed by atoms with E-state index in [9.17, 15) is 0 Å². The highest BCUT2D eigenvalue weighted by Crippen LogP contribution is 2.21. The van der Waals surface area contributed by atoms with Gasteiger partial charge in [-0.25, -0.2) is 0 Å². The molecule has 0 fully saturated rings. The molecule has 1 heteroatoms. The number of hydrogen-bond acceptors (Lipinski definition) is 1. The first-order valence-electron chi connectivity index (χ1n) is 6.14. The smallest absolute Gasteiger partial charge is 0.00483 e. The molecule has 1 unspecified atom stereocenters. The Morgan fingerprint density at radius 3 is 2.35 bits per heavy atom. The first-order chi connectivity index (χ1) is 8.29. The second-order valence-corrected chi connectivity index (χ2v) is 4.61. The molecule has 0 amide bonds. The third kappa shape index (κ3) is 3.18. The van der Waals surface area contributed by atoms with E-state index in [-0.39, 0.29) is 0 Å². The molecule has 0 aliphatic heterocycles. The van der Waals surface area contributed by atoms with Crippen LogP contribution in [0, 0.1) is 5.92 Å². The Bertz CT molecular complexity index is 462. The Hall–Kier alpha value is -1.60. The molecule has 1 atom stereocenters. The number of hydrogen-bond donors (Lipinski definition) is 1. The molecular weight excluding hydrogens is 206 g/mol. The minimum absolute atomic E-state index is 0.543. The normalized spacial score (nSPS) is 12.4. The Labute approximate surface area is 103 Å². The van der Waals surface area contributed by atoms with E-state index in [2.05, 4.69) is 55.5 Å². The summed E-state index contributed by atoms with van der Waals surface area (Å²) in [6.45, 7) is 2.94. The predicted octanol–water partition coefficient (Wildman–Crippen LogP) is 3.49. The fourth-order valence-electron chi connectivity index (χ4n) is 1.99. The lowest BCUT2D eigenvalue weighted by atomic mass is 9.97. The fraction of sp³-hybridized carbons (Fsp3) is 0.250. The molecule has 2 aromatic rings. The van der Waals surface area contributed by atoms with Crippen molar-refractivity contribution in [3.63, 3.8) is 0 Å². The van der Waals surface area contributed by atoms with Crippen molar-refractivity contribution in [2.45, 2.75) is 13.3 Å². The van der Waals surface area contributed by atoms with E-state index in [1.807, 2.05) is 6.07 Å². The zero-order chi connectivity index (χ0) is 12.1. The molecular formula is C16H19N. The third-order valence-electron chi connectivity index (χ3n) is 3.02. The molecule has 2 rings (SSSR count). The summed E-state index contributed by atoms with van der Waals surface area (Å²) in [4.78, 5) is 0. The Kier molecular flexibility index (Phi) is 3.94. The summed E-state index contributed by atoms with van der Waals surface area (Å²) in [7, 11) is 0. The third-order valence-corrected chi connectivity index (χ3v) is 3.02. The summed E-state index contributed by atoms with van der Waals surface area (Å²) in [5.74, 6) is 0.543. The Morgan fingerprint density at radius 1 is 0.941 bits per heavy atom. The minimum atomic E-state index is 0.543. The average Bonchev–Trinajstić information content (AvgIpc) is 2.40. The van der Waals surface area contributed by atoms with Crippen LogP contribution in [0.1, 0.15) is 12.5 Å². The van der Waals surface area contributed by atoms with Gasteiger partial charge < -0.3 is 5.73 Å². The van der Waals surface area contributed by atoms with Gasteiger partial charge in [0.2, 0.25) is 0 Å². The van der Waals surface area contributed by atoms with Crippen LogP contribution in [0.15, 0.2) is 54.6 Å². The van der Waals surface area contributed by atoms with E-state index < -0.39 is 0 Å². The lowest BCUT2D eigenvalue weighted by Gasteiger charge is -2.10. The van der Waals surface area contributed by atoms with Crippen molar-refractivity contribution in [2.24, 2.45) is 11.7 Å². The maximum Gasteiger partial charge on any atom is -0.00483 e. The monoisotopic (exact) mass is 225 g/mol. The molecule has 2 aromatic carbocycles. The fourth-order valence-corrected chi connectivity index (χ4v) is 1.99. The molecule has 0 bridgehead atoms. The number of nitrogens with two attached hydrogens (primary N) is 1. The lowest BCUT2D eigenvalue weighted by Crippen LogP contribution is -2.13. The highest BCUT2D eigenvalue weighted by Gasteiger charge is 2.03. The molecule has 1 nitrogen and oxygen atoms in total. The largest absolute Gasteiger partial charge is 0.330 e. The van der Waals surface area contributed by atoms with Crippen LogP contribution in [0.25, 0.3) is 11.1 Å². The van der Waals surface area contributed by atoms with Crippen LogP contribution < -0.4 is 5.73 Å². The molecule has 0 saturated carbocycles. The summed E-state index contributed by atoms with van der Waals surface area (Å²) >= 11 is 0. The zero-order valence-electron chi connectivity index (χ0n) is 10.3. The van der Waals surface area contributed by atoms with E-state index in [1.165, 1.54) is 16.7 Å². The molecule has 0 aliphatic carbocycles. The van der Waals surface area contributed by atoms with Crippen molar-refractivity contribution in [1.29, 1.82) is 0 Å². The van der Waals surface area contributed by atoms with Crippen molar-refractivity contribution in [1.82, 2.24) is 0 Å². The molecule has 0 heterocycles. The maximum absolute atomic E-state index is 5.67. The molecule has 88 valence electrons. The van der Waals surface area contributed by atoms with Gasteiger partial charge in [0, 0.05) is 0 Å². The molecule has 0 saturated heterocycles. The quantitative estimate of drug-likeness (QED) is 0.847. The predicted molar refractivity (Wildman–Crippen MR) is 73.8 cm³/mol. The first-order valence-corrected chi connectivity index (χ1v) is 6.14. The van der Waals surface area contributed by atoms with Gasteiger partial charge >= 0.3 is 0 Å². The summed E-state index contributed by atoms with van der Waals surface area (Å²) < 4.78 is 0. The van der Waals surface area contributed by atoms with E-state index >= 15 is 0 Å². The van der Waals surface area contributed by atoms with Crippen molar-refractivity contribution in [3.8, 4) is 11.1 Å². The lowest BCUT2D eigenvalue weighted by molar-refractivity contribution is 0.593. The molecule has 0 aromatic heterocycles. The van der Waals surface area contributed by atoms with Crippen LogP contribution in [-0.2, 0) is 6.42 Å². The number of rotatable bonds is 4. The van der Waals surface area contributed by atoms with Crippen LogP contribution in [0.5, 0.6) is 0 Å². The van der Waals surface area contributed by atoms with Gasteiger partial charge in [0.15, 0.2) is 0 Å². The maximum atomic E-state index is 5.67. The average molecular weight is 225 g/mol. The highest BCUT2D eigenvalue weighted by atomic mass is 14.5. The highest BCUT2D eigenvalue weighted by molar-refractivity contribution is 5.63. The van der Waals surface area contributed by atoms with Crippen molar-refractivity contribution in [2.75, 3.05) is 6.54 Å². The molecule has 0 radical (unpaired) electrons. The Balaban J connectivity index is 2.23. The van der Waals surface area contributed by atoms with Gasteiger partial charge in [0.1, 0.15) is 0 Å². The number of benzene rings is 2. The van der Waals surface area contributed by atoms with Gasteiger partial charge in [-0.2, -0.15) is 0 Å². The SMILES string of the molecule is CC(CN)Cc1cccc(-c2ccccc2)c1. The zero-order valence-corrected chi connectivity index (χ0v) is 10.3. The standard InChI is InChI=1S/C16H19N/c1-13(12-17)10-14-6-5-9-16(11-14)15-7-3-2-4-8-15/h2-9,11,13H,10,12,17H2,1H3. The van der Waals surface area contributed by atoms with Crippen molar-refractivity contribution < 1.29 is 0 Å². The molecule has 17 heavy (non-hydrogen) atoms. The second-order valence-electron chi connectivity index (χ2n) is 4.61. The molecule has 0 spiro atoms. The second kappa shape index (κ2) is 5.65.